The first kappa shape index (κ1) is 13.8. The molecule has 0 aliphatic rings. The van der Waals surface area contributed by atoms with Gasteiger partial charge in [-0.25, -0.2) is 18.6 Å². The number of hydrogen-bond acceptors (Lipinski definition) is 4. The summed E-state index contributed by atoms with van der Waals surface area (Å²) in [5.41, 5.74) is 4.72. The van der Waals surface area contributed by atoms with Gasteiger partial charge in [0.15, 0.2) is 0 Å². The second kappa shape index (κ2) is 5.88. The van der Waals surface area contributed by atoms with E-state index in [2.05, 4.69) is 9.72 Å². The van der Waals surface area contributed by atoms with Gasteiger partial charge in [0.1, 0.15) is 11.4 Å². The van der Waals surface area contributed by atoms with E-state index < -0.39 is 18.1 Å². The molecule has 0 atom stereocenters. The molecule has 1 heterocycles. The molecule has 4 nitrogen and oxygen atoms in total. The number of alkyl halides is 2. The largest absolute Gasteiger partial charge is 0.461 e. The number of nitrogens with zero attached hydrogens (tertiary/aromatic N) is 1. The molecular weight excluding hydrogens is 254 g/mol. The van der Waals surface area contributed by atoms with E-state index in [-0.39, 0.29) is 29.4 Å². The number of esters is 1. The maximum Gasteiger partial charge on any atom is 0.356 e. The van der Waals surface area contributed by atoms with Crippen molar-refractivity contribution >= 4 is 17.6 Å². The van der Waals surface area contributed by atoms with Gasteiger partial charge < -0.3 is 10.5 Å². The van der Waals surface area contributed by atoms with Gasteiger partial charge in [-0.15, -0.1) is 0 Å². The van der Waals surface area contributed by atoms with E-state index in [0.29, 0.717) is 0 Å². The Balaban J connectivity index is 3.25. The number of hydrogen-bond donors (Lipinski definition) is 1. The van der Waals surface area contributed by atoms with Crippen LogP contribution < -0.4 is 5.73 Å². The molecule has 0 aliphatic carbocycles. The van der Waals surface area contributed by atoms with Crippen molar-refractivity contribution in [2.24, 2.45) is 5.73 Å². The van der Waals surface area contributed by atoms with Crippen LogP contribution in [0.3, 0.4) is 0 Å². The molecule has 2 N–H and O–H groups in total. The second-order valence-corrected chi connectivity index (χ2v) is 3.47. The third-order valence-electron chi connectivity index (χ3n) is 1.97. The summed E-state index contributed by atoms with van der Waals surface area (Å²) >= 11 is 5.68. The fourth-order valence-corrected chi connectivity index (χ4v) is 1.46. The number of aromatic nitrogens is 1. The standard InChI is InChI=1S/C10H11ClF2N2O2/c1-2-17-10(16)6-3-5(4-14)7(11)8(15-6)9(12)13/h3,9H,2,4,14H2,1H3. The van der Waals surface area contributed by atoms with E-state index in [0.717, 1.165) is 0 Å². The van der Waals surface area contributed by atoms with Gasteiger partial charge in [0.05, 0.1) is 11.6 Å². The zero-order valence-corrected chi connectivity index (χ0v) is 9.80. The van der Waals surface area contributed by atoms with Crippen LogP contribution in [0.15, 0.2) is 6.07 Å². The predicted octanol–water partition coefficient (Wildman–Crippen LogP) is 2.31. The summed E-state index contributed by atoms with van der Waals surface area (Å²) in [6.45, 7) is 1.67. The first-order valence-electron chi connectivity index (χ1n) is 4.85. The highest BCUT2D eigenvalue weighted by Gasteiger charge is 2.21. The van der Waals surface area contributed by atoms with E-state index in [1.165, 1.54) is 6.07 Å². The highest BCUT2D eigenvalue weighted by atomic mass is 35.5. The van der Waals surface area contributed by atoms with Gasteiger partial charge in [-0.1, -0.05) is 11.6 Å². The first-order chi connectivity index (χ1) is 8.01. The van der Waals surface area contributed by atoms with Gasteiger partial charge in [-0.2, -0.15) is 0 Å². The Morgan fingerprint density at radius 3 is 2.76 bits per heavy atom. The van der Waals surface area contributed by atoms with E-state index >= 15 is 0 Å². The number of carbonyl (C=O) groups is 1. The normalized spacial score (nSPS) is 10.7. The number of pyridine rings is 1. The zero-order chi connectivity index (χ0) is 13.0. The summed E-state index contributed by atoms with van der Waals surface area (Å²) in [7, 11) is 0. The second-order valence-electron chi connectivity index (χ2n) is 3.09. The summed E-state index contributed by atoms with van der Waals surface area (Å²) < 4.78 is 29.9. The van der Waals surface area contributed by atoms with Crippen molar-refractivity contribution in [1.29, 1.82) is 0 Å². The van der Waals surface area contributed by atoms with Crippen LogP contribution in [0, 0.1) is 0 Å². The summed E-state index contributed by atoms with van der Waals surface area (Å²) in [5.74, 6) is -0.777. The molecule has 94 valence electrons. The maximum atomic E-state index is 12.6. The summed E-state index contributed by atoms with van der Waals surface area (Å²) in [6, 6.07) is 1.26. The van der Waals surface area contributed by atoms with Crippen molar-refractivity contribution in [3.8, 4) is 0 Å². The highest BCUT2D eigenvalue weighted by Crippen LogP contribution is 2.28. The van der Waals surface area contributed by atoms with Gasteiger partial charge in [0.25, 0.3) is 6.43 Å². The van der Waals surface area contributed by atoms with Crippen molar-refractivity contribution in [2.45, 2.75) is 19.9 Å². The molecule has 1 aromatic rings. The van der Waals surface area contributed by atoms with Crippen LogP contribution in [0.2, 0.25) is 5.02 Å². The fraction of sp³-hybridized carbons (Fsp3) is 0.400. The average Bonchev–Trinajstić information content (AvgIpc) is 2.29. The van der Waals surface area contributed by atoms with Gasteiger partial charge in [0, 0.05) is 6.54 Å². The lowest BCUT2D eigenvalue weighted by molar-refractivity contribution is 0.0517. The SMILES string of the molecule is CCOC(=O)c1cc(CN)c(Cl)c(C(F)F)n1. The van der Waals surface area contributed by atoms with E-state index in [4.69, 9.17) is 17.3 Å². The smallest absolute Gasteiger partial charge is 0.356 e. The number of halogens is 3. The molecule has 1 aromatic heterocycles. The molecule has 1 rings (SSSR count). The molecule has 0 unspecified atom stereocenters. The van der Waals surface area contributed by atoms with Gasteiger partial charge >= 0.3 is 5.97 Å². The molecule has 0 saturated carbocycles. The predicted molar refractivity (Wildman–Crippen MR) is 58.1 cm³/mol. The van der Waals surface area contributed by atoms with Crippen molar-refractivity contribution in [2.75, 3.05) is 6.61 Å². The van der Waals surface area contributed by atoms with Crippen molar-refractivity contribution in [1.82, 2.24) is 4.98 Å². The highest BCUT2D eigenvalue weighted by molar-refractivity contribution is 6.32. The number of ether oxygens (including phenoxy) is 1. The molecule has 17 heavy (non-hydrogen) atoms. The van der Waals surface area contributed by atoms with Crippen LogP contribution in [0.4, 0.5) is 8.78 Å². The third kappa shape index (κ3) is 3.10. The topological polar surface area (TPSA) is 65.2 Å². The molecule has 7 heteroatoms. The third-order valence-corrected chi connectivity index (χ3v) is 2.41. The Hall–Kier alpha value is -1.27. The summed E-state index contributed by atoms with van der Waals surface area (Å²) in [5, 5.41) is -0.212. The lowest BCUT2D eigenvalue weighted by atomic mass is 10.2. The Morgan fingerprint density at radius 1 is 1.65 bits per heavy atom. The lowest BCUT2D eigenvalue weighted by Crippen LogP contribution is -2.12. The average molecular weight is 265 g/mol. The quantitative estimate of drug-likeness (QED) is 0.848. The molecule has 0 aliphatic heterocycles. The van der Waals surface area contributed by atoms with Gasteiger partial charge in [-0.05, 0) is 18.6 Å². The summed E-state index contributed by atoms with van der Waals surface area (Å²) in [6.07, 6.45) is -2.87. The monoisotopic (exact) mass is 264 g/mol. The lowest BCUT2D eigenvalue weighted by Gasteiger charge is -2.09. The number of nitrogens with two attached hydrogens (primary N) is 1. The first-order valence-corrected chi connectivity index (χ1v) is 5.23. The zero-order valence-electron chi connectivity index (χ0n) is 9.04. The molecule has 0 radical (unpaired) electrons. The molecule has 0 spiro atoms. The molecule has 0 fully saturated rings. The van der Waals surface area contributed by atoms with Crippen molar-refractivity contribution < 1.29 is 18.3 Å². The van der Waals surface area contributed by atoms with E-state index in [1.807, 2.05) is 0 Å². The van der Waals surface area contributed by atoms with Crippen LogP contribution in [0.1, 0.15) is 35.1 Å². The van der Waals surface area contributed by atoms with Crippen molar-refractivity contribution in [3.05, 3.63) is 28.0 Å². The van der Waals surface area contributed by atoms with Crippen LogP contribution in [-0.4, -0.2) is 17.6 Å². The number of carbonyl (C=O) groups excluding carboxylic acids is 1. The molecule has 0 saturated heterocycles. The maximum absolute atomic E-state index is 12.6. The van der Waals surface area contributed by atoms with E-state index in [1.54, 1.807) is 6.92 Å². The van der Waals surface area contributed by atoms with Gasteiger partial charge in [-0.3, -0.25) is 0 Å². The Labute approximate surface area is 102 Å². The molecule has 0 aromatic carbocycles. The van der Waals surface area contributed by atoms with Crippen molar-refractivity contribution in [3.63, 3.8) is 0 Å². The minimum atomic E-state index is -2.87. The van der Waals surface area contributed by atoms with Crippen LogP contribution in [0.25, 0.3) is 0 Å². The molecule has 0 amide bonds. The van der Waals surface area contributed by atoms with Crippen LogP contribution in [0.5, 0.6) is 0 Å². The Bertz CT molecular complexity index is 427. The minimum Gasteiger partial charge on any atom is -0.461 e. The molecule has 0 bridgehead atoms. The van der Waals surface area contributed by atoms with Gasteiger partial charge in [0.2, 0.25) is 0 Å². The van der Waals surface area contributed by atoms with Crippen LogP contribution >= 0.6 is 11.6 Å². The Morgan fingerprint density at radius 2 is 2.29 bits per heavy atom. The van der Waals surface area contributed by atoms with E-state index in [9.17, 15) is 13.6 Å². The number of rotatable bonds is 4. The van der Waals surface area contributed by atoms with Crippen LogP contribution in [-0.2, 0) is 11.3 Å². The Kier molecular flexibility index (Phi) is 4.77. The fourth-order valence-electron chi connectivity index (χ4n) is 1.21. The summed E-state index contributed by atoms with van der Waals surface area (Å²) in [4.78, 5) is 14.9. The minimum absolute atomic E-state index is 0.0620. The molecular formula is C10H11ClF2N2O2.